The molecule has 1 aromatic carbocycles. The van der Waals surface area contributed by atoms with Crippen molar-refractivity contribution >= 4 is 23.4 Å². The van der Waals surface area contributed by atoms with E-state index in [2.05, 4.69) is 5.32 Å². The summed E-state index contributed by atoms with van der Waals surface area (Å²) in [5.41, 5.74) is 6.24. The van der Waals surface area contributed by atoms with Crippen molar-refractivity contribution in [1.82, 2.24) is 10.2 Å². The first-order valence-electron chi connectivity index (χ1n) is 6.16. The van der Waals surface area contributed by atoms with Crippen LogP contribution in [0.5, 0.6) is 5.75 Å². The van der Waals surface area contributed by atoms with Gasteiger partial charge in [0.05, 0.1) is 6.61 Å². The van der Waals surface area contributed by atoms with Crippen molar-refractivity contribution in [3.63, 3.8) is 0 Å². The lowest BCUT2D eigenvalue weighted by atomic mass is 10.1. The third kappa shape index (κ3) is 2.71. The van der Waals surface area contributed by atoms with Gasteiger partial charge in [-0.3, -0.25) is 19.7 Å². The number of carbonyl (C=O) groups is 3. The van der Waals surface area contributed by atoms with Crippen LogP contribution in [-0.2, 0) is 9.59 Å². The van der Waals surface area contributed by atoms with E-state index in [-0.39, 0.29) is 24.3 Å². The minimum Gasteiger partial charge on any atom is -0.493 e. The predicted octanol–water partition coefficient (Wildman–Crippen LogP) is -0.234. The zero-order chi connectivity index (χ0) is 14.7. The molecule has 1 aliphatic rings. The van der Waals surface area contributed by atoms with E-state index in [4.69, 9.17) is 10.5 Å². The van der Waals surface area contributed by atoms with Crippen LogP contribution in [0.1, 0.15) is 17.3 Å². The summed E-state index contributed by atoms with van der Waals surface area (Å²) < 4.78 is 5.37. The number of anilines is 1. The molecule has 106 valence electrons. The maximum atomic E-state index is 12.4. The van der Waals surface area contributed by atoms with Crippen molar-refractivity contribution in [2.45, 2.75) is 6.92 Å². The van der Waals surface area contributed by atoms with Crippen LogP contribution < -0.4 is 15.8 Å². The lowest BCUT2D eigenvalue weighted by Gasteiger charge is -2.26. The van der Waals surface area contributed by atoms with Crippen LogP contribution in [0, 0.1) is 0 Å². The Morgan fingerprint density at radius 1 is 1.35 bits per heavy atom. The van der Waals surface area contributed by atoms with E-state index in [1.165, 1.54) is 0 Å². The van der Waals surface area contributed by atoms with Gasteiger partial charge in [-0.2, -0.15) is 0 Å². The quantitative estimate of drug-likeness (QED) is 0.587. The van der Waals surface area contributed by atoms with Crippen molar-refractivity contribution in [3.05, 3.63) is 23.8 Å². The second-order valence-electron chi connectivity index (χ2n) is 4.29. The Labute approximate surface area is 115 Å². The summed E-state index contributed by atoms with van der Waals surface area (Å²) in [6.45, 7) is 1.81. The zero-order valence-corrected chi connectivity index (χ0v) is 11.0. The number of nitrogen functional groups attached to an aromatic ring is 1. The Morgan fingerprint density at radius 3 is 2.60 bits per heavy atom. The fourth-order valence-corrected chi connectivity index (χ4v) is 1.99. The Hall–Kier alpha value is -2.57. The van der Waals surface area contributed by atoms with Gasteiger partial charge in [-0.25, -0.2) is 0 Å². The molecule has 1 saturated heterocycles. The molecule has 7 heteroatoms. The van der Waals surface area contributed by atoms with E-state index >= 15 is 0 Å². The number of ether oxygens (including phenoxy) is 1. The van der Waals surface area contributed by atoms with E-state index in [9.17, 15) is 14.4 Å². The van der Waals surface area contributed by atoms with Crippen LogP contribution in [0.15, 0.2) is 18.2 Å². The predicted molar refractivity (Wildman–Crippen MR) is 71.1 cm³/mol. The molecule has 0 aliphatic carbocycles. The molecule has 0 atom stereocenters. The van der Waals surface area contributed by atoms with Crippen LogP contribution in [0.4, 0.5) is 5.69 Å². The molecule has 0 bridgehead atoms. The number of amides is 3. The second-order valence-corrected chi connectivity index (χ2v) is 4.29. The maximum Gasteiger partial charge on any atom is 0.260 e. The van der Waals surface area contributed by atoms with Gasteiger partial charge in [-0.1, -0.05) is 6.07 Å². The lowest BCUT2D eigenvalue weighted by Crippen LogP contribution is -2.53. The molecule has 0 spiro atoms. The number of nitrogens with one attached hydrogen (secondary N) is 1. The van der Waals surface area contributed by atoms with Crippen LogP contribution >= 0.6 is 0 Å². The summed E-state index contributed by atoms with van der Waals surface area (Å²) >= 11 is 0. The van der Waals surface area contributed by atoms with Crippen molar-refractivity contribution in [2.24, 2.45) is 0 Å². The van der Waals surface area contributed by atoms with Gasteiger partial charge < -0.3 is 15.4 Å². The highest BCUT2D eigenvalue weighted by Gasteiger charge is 2.29. The van der Waals surface area contributed by atoms with Crippen LogP contribution in [0.2, 0.25) is 0 Å². The summed E-state index contributed by atoms with van der Waals surface area (Å²) in [4.78, 5) is 36.2. The van der Waals surface area contributed by atoms with E-state index in [0.717, 1.165) is 4.90 Å². The maximum absolute atomic E-state index is 12.4. The van der Waals surface area contributed by atoms with Gasteiger partial charge in [0.15, 0.2) is 0 Å². The Morgan fingerprint density at radius 2 is 2.00 bits per heavy atom. The van der Waals surface area contributed by atoms with Crippen molar-refractivity contribution in [2.75, 3.05) is 25.4 Å². The molecule has 1 heterocycles. The molecular weight excluding hydrogens is 262 g/mol. The monoisotopic (exact) mass is 277 g/mol. The highest BCUT2D eigenvalue weighted by atomic mass is 16.5. The molecule has 0 aromatic heterocycles. The van der Waals surface area contributed by atoms with Gasteiger partial charge >= 0.3 is 0 Å². The van der Waals surface area contributed by atoms with E-state index in [1.54, 1.807) is 25.1 Å². The van der Waals surface area contributed by atoms with Crippen molar-refractivity contribution in [3.8, 4) is 5.75 Å². The third-order valence-electron chi connectivity index (χ3n) is 2.81. The van der Waals surface area contributed by atoms with Crippen LogP contribution in [-0.4, -0.2) is 42.3 Å². The first-order chi connectivity index (χ1) is 9.52. The molecule has 1 fully saturated rings. The number of benzene rings is 1. The van der Waals surface area contributed by atoms with Crippen LogP contribution in [0.25, 0.3) is 0 Å². The number of hydrogen-bond donors (Lipinski definition) is 2. The average molecular weight is 277 g/mol. The summed E-state index contributed by atoms with van der Waals surface area (Å²) in [5.74, 6) is -1.17. The SMILES string of the molecule is CCOc1cccc(N)c1C(=O)N1CC(=O)NC(=O)C1. The van der Waals surface area contributed by atoms with E-state index in [0.29, 0.717) is 12.4 Å². The number of nitrogens with two attached hydrogens (primary N) is 1. The number of rotatable bonds is 3. The molecule has 20 heavy (non-hydrogen) atoms. The summed E-state index contributed by atoms with van der Waals surface area (Å²) in [6, 6.07) is 4.87. The minimum atomic E-state index is -0.512. The van der Waals surface area contributed by atoms with Gasteiger partial charge in [0.25, 0.3) is 5.91 Å². The van der Waals surface area contributed by atoms with Crippen LogP contribution in [0.3, 0.4) is 0 Å². The molecule has 1 aromatic rings. The first-order valence-corrected chi connectivity index (χ1v) is 6.16. The second kappa shape index (κ2) is 5.60. The summed E-state index contributed by atoms with van der Waals surface area (Å²) in [5, 5.41) is 2.14. The highest BCUT2D eigenvalue weighted by molar-refractivity contribution is 6.08. The Balaban J connectivity index is 2.33. The number of hydrogen-bond acceptors (Lipinski definition) is 5. The number of carbonyl (C=O) groups excluding carboxylic acids is 3. The minimum absolute atomic E-state index is 0.176. The molecule has 0 unspecified atom stereocenters. The molecule has 3 N–H and O–H groups in total. The van der Waals surface area contributed by atoms with Crippen molar-refractivity contribution < 1.29 is 19.1 Å². The lowest BCUT2D eigenvalue weighted by molar-refractivity contribution is -0.135. The molecule has 2 rings (SSSR count). The number of imide groups is 1. The summed E-state index contributed by atoms with van der Waals surface area (Å²) in [7, 11) is 0. The van der Waals surface area contributed by atoms with E-state index < -0.39 is 17.7 Å². The normalized spacial score (nSPS) is 14.9. The molecular formula is C13H15N3O4. The molecule has 0 saturated carbocycles. The molecule has 7 nitrogen and oxygen atoms in total. The van der Waals surface area contributed by atoms with Gasteiger partial charge in [-0.15, -0.1) is 0 Å². The van der Waals surface area contributed by atoms with Gasteiger partial charge in [0.1, 0.15) is 24.4 Å². The molecule has 1 aliphatic heterocycles. The van der Waals surface area contributed by atoms with Gasteiger partial charge in [0.2, 0.25) is 11.8 Å². The zero-order valence-electron chi connectivity index (χ0n) is 11.0. The third-order valence-corrected chi connectivity index (χ3v) is 2.81. The van der Waals surface area contributed by atoms with Crippen molar-refractivity contribution in [1.29, 1.82) is 0 Å². The standard InChI is InChI=1S/C13H15N3O4/c1-2-20-9-5-3-4-8(14)12(9)13(19)16-6-10(17)15-11(18)7-16/h3-5H,2,6-7,14H2,1H3,(H,15,17,18). The number of piperazine rings is 1. The fraction of sp³-hybridized carbons (Fsp3) is 0.308. The Bertz CT molecular complexity index is 555. The highest BCUT2D eigenvalue weighted by Crippen LogP contribution is 2.26. The average Bonchev–Trinajstić information content (AvgIpc) is 2.37. The molecule has 3 amide bonds. The summed E-state index contributed by atoms with van der Waals surface area (Å²) in [6.07, 6.45) is 0. The smallest absolute Gasteiger partial charge is 0.260 e. The Kier molecular flexibility index (Phi) is 3.88. The largest absolute Gasteiger partial charge is 0.493 e. The fourth-order valence-electron chi connectivity index (χ4n) is 1.99. The van der Waals surface area contributed by atoms with Gasteiger partial charge in [0, 0.05) is 5.69 Å². The number of nitrogens with zero attached hydrogens (tertiary/aromatic N) is 1. The topological polar surface area (TPSA) is 102 Å². The van der Waals surface area contributed by atoms with Gasteiger partial charge in [-0.05, 0) is 19.1 Å². The first kappa shape index (κ1) is 13.9. The molecule has 0 radical (unpaired) electrons. The van der Waals surface area contributed by atoms with E-state index in [1.807, 2.05) is 0 Å².